The van der Waals surface area contributed by atoms with Crippen molar-refractivity contribution >= 4 is 5.82 Å². The standard InChI is InChI=1S/C8H8N4/c1-2-3-10-8-4-7(5-9)11-6-12-8/h2,4,6H,1,3H2,(H,10,11,12). The molecule has 0 aromatic carbocycles. The maximum atomic E-state index is 8.50. The van der Waals surface area contributed by atoms with Gasteiger partial charge in [0, 0.05) is 12.6 Å². The first kappa shape index (κ1) is 8.21. The van der Waals surface area contributed by atoms with Crippen LogP contribution >= 0.6 is 0 Å². The van der Waals surface area contributed by atoms with E-state index in [1.165, 1.54) is 6.33 Å². The van der Waals surface area contributed by atoms with Crippen LogP contribution < -0.4 is 5.32 Å². The SMILES string of the molecule is C=CCNc1cc(C#N)ncn1. The zero-order valence-corrected chi connectivity index (χ0v) is 6.49. The molecule has 0 fully saturated rings. The van der Waals surface area contributed by atoms with E-state index in [0.717, 1.165) is 0 Å². The highest BCUT2D eigenvalue weighted by Crippen LogP contribution is 2.01. The van der Waals surface area contributed by atoms with Gasteiger partial charge in [-0.15, -0.1) is 6.58 Å². The summed E-state index contributed by atoms with van der Waals surface area (Å²) in [7, 11) is 0. The molecule has 1 heterocycles. The van der Waals surface area contributed by atoms with Crippen molar-refractivity contribution in [1.82, 2.24) is 9.97 Å². The van der Waals surface area contributed by atoms with Crippen molar-refractivity contribution < 1.29 is 0 Å². The fraction of sp³-hybridized carbons (Fsp3) is 0.125. The molecule has 1 aromatic rings. The van der Waals surface area contributed by atoms with Gasteiger partial charge in [-0.25, -0.2) is 9.97 Å². The summed E-state index contributed by atoms with van der Waals surface area (Å²) in [4.78, 5) is 7.63. The summed E-state index contributed by atoms with van der Waals surface area (Å²) in [6.45, 7) is 4.17. The predicted octanol–water partition coefficient (Wildman–Crippen LogP) is 0.946. The molecular formula is C8H8N4. The third kappa shape index (κ3) is 2.06. The van der Waals surface area contributed by atoms with Crippen LogP contribution in [0, 0.1) is 11.3 Å². The third-order valence-corrected chi connectivity index (χ3v) is 1.21. The fourth-order valence-corrected chi connectivity index (χ4v) is 0.692. The second-order valence-corrected chi connectivity index (χ2v) is 2.07. The molecule has 1 aromatic heterocycles. The average molecular weight is 160 g/mol. The third-order valence-electron chi connectivity index (χ3n) is 1.21. The van der Waals surface area contributed by atoms with Crippen molar-refractivity contribution in [3.63, 3.8) is 0 Å². The molecule has 4 nitrogen and oxygen atoms in total. The summed E-state index contributed by atoms with van der Waals surface area (Å²) in [6, 6.07) is 3.51. The van der Waals surface area contributed by atoms with Gasteiger partial charge in [-0.3, -0.25) is 0 Å². The number of nitrogens with zero attached hydrogens (tertiary/aromatic N) is 3. The topological polar surface area (TPSA) is 61.6 Å². The van der Waals surface area contributed by atoms with Gasteiger partial charge in [0.2, 0.25) is 0 Å². The van der Waals surface area contributed by atoms with Gasteiger partial charge < -0.3 is 5.32 Å². The summed E-state index contributed by atoms with van der Waals surface area (Å²) in [5.74, 6) is 0.640. The highest BCUT2D eigenvalue weighted by atomic mass is 15.0. The van der Waals surface area contributed by atoms with Crippen molar-refractivity contribution in [3.05, 3.63) is 30.7 Å². The maximum Gasteiger partial charge on any atom is 0.145 e. The van der Waals surface area contributed by atoms with E-state index in [1.807, 2.05) is 6.07 Å². The summed E-state index contributed by atoms with van der Waals surface area (Å²) in [5, 5.41) is 11.4. The van der Waals surface area contributed by atoms with Gasteiger partial charge in [0.1, 0.15) is 23.9 Å². The lowest BCUT2D eigenvalue weighted by Crippen LogP contribution is -2.00. The number of nitriles is 1. The van der Waals surface area contributed by atoms with Crippen LogP contribution in [0.4, 0.5) is 5.82 Å². The monoisotopic (exact) mass is 160 g/mol. The van der Waals surface area contributed by atoms with E-state index in [2.05, 4.69) is 21.9 Å². The smallest absolute Gasteiger partial charge is 0.145 e. The molecule has 4 heteroatoms. The molecule has 0 unspecified atom stereocenters. The Morgan fingerprint density at radius 1 is 1.67 bits per heavy atom. The Balaban J connectivity index is 2.74. The minimum absolute atomic E-state index is 0.358. The minimum atomic E-state index is 0.358. The molecule has 1 N–H and O–H groups in total. The highest BCUT2D eigenvalue weighted by Gasteiger charge is 1.94. The normalized spacial score (nSPS) is 8.58. The summed E-state index contributed by atoms with van der Waals surface area (Å²) in [5.41, 5.74) is 0.358. The molecule has 0 spiro atoms. The molecule has 60 valence electrons. The molecule has 12 heavy (non-hydrogen) atoms. The first-order chi connectivity index (χ1) is 5.86. The van der Waals surface area contributed by atoms with Crippen molar-refractivity contribution in [1.29, 1.82) is 5.26 Å². The lowest BCUT2D eigenvalue weighted by atomic mass is 10.4. The fourth-order valence-electron chi connectivity index (χ4n) is 0.692. The largest absolute Gasteiger partial charge is 0.366 e. The lowest BCUT2D eigenvalue weighted by molar-refractivity contribution is 1.12. The van der Waals surface area contributed by atoms with Crippen LogP contribution in [0.2, 0.25) is 0 Å². The number of hydrogen-bond acceptors (Lipinski definition) is 4. The Bertz CT molecular complexity index is 313. The van der Waals surface area contributed by atoms with Crippen LogP contribution in [-0.4, -0.2) is 16.5 Å². The molecule has 0 atom stereocenters. The second kappa shape index (κ2) is 4.09. The van der Waals surface area contributed by atoms with Gasteiger partial charge in [-0.05, 0) is 0 Å². The van der Waals surface area contributed by atoms with Gasteiger partial charge in [-0.1, -0.05) is 6.08 Å². The van der Waals surface area contributed by atoms with E-state index in [1.54, 1.807) is 12.1 Å². The molecule has 0 saturated carbocycles. The molecule has 0 saturated heterocycles. The Hall–Kier alpha value is -1.89. The number of aromatic nitrogens is 2. The average Bonchev–Trinajstić information content (AvgIpc) is 2.15. The van der Waals surface area contributed by atoms with Gasteiger partial charge in [0.05, 0.1) is 0 Å². The van der Waals surface area contributed by atoms with E-state index >= 15 is 0 Å². The Labute approximate surface area is 70.6 Å². The first-order valence-electron chi connectivity index (χ1n) is 3.43. The van der Waals surface area contributed by atoms with Crippen molar-refractivity contribution in [2.45, 2.75) is 0 Å². The van der Waals surface area contributed by atoms with E-state index in [-0.39, 0.29) is 0 Å². The molecule has 0 bridgehead atoms. The van der Waals surface area contributed by atoms with Crippen LogP contribution in [0.1, 0.15) is 5.69 Å². The molecule has 0 aliphatic carbocycles. The first-order valence-corrected chi connectivity index (χ1v) is 3.43. The molecule has 0 aliphatic heterocycles. The molecule has 1 rings (SSSR count). The molecule has 0 radical (unpaired) electrons. The predicted molar refractivity (Wildman–Crippen MR) is 45.4 cm³/mol. The molecular weight excluding hydrogens is 152 g/mol. The number of anilines is 1. The Kier molecular flexibility index (Phi) is 2.79. The van der Waals surface area contributed by atoms with Crippen molar-refractivity contribution in [2.24, 2.45) is 0 Å². The van der Waals surface area contributed by atoms with E-state index < -0.39 is 0 Å². The summed E-state index contributed by atoms with van der Waals surface area (Å²) in [6.07, 6.45) is 3.07. The van der Waals surface area contributed by atoms with E-state index in [9.17, 15) is 0 Å². The highest BCUT2D eigenvalue weighted by molar-refractivity contribution is 5.38. The Morgan fingerprint density at radius 2 is 2.50 bits per heavy atom. The zero-order valence-electron chi connectivity index (χ0n) is 6.49. The van der Waals surface area contributed by atoms with Gasteiger partial charge in [-0.2, -0.15) is 5.26 Å². The van der Waals surface area contributed by atoms with Crippen LogP contribution in [-0.2, 0) is 0 Å². The summed E-state index contributed by atoms with van der Waals surface area (Å²) >= 11 is 0. The number of hydrogen-bond donors (Lipinski definition) is 1. The second-order valence-electron chi connectivity index (χ2n) is 2.07. The van der Waals surface area contributed by atoms with Gasteiger partial charge in [0.25, 0.3) is 0 Å². The quantitative estimate of drug-likeness (QED) is 0.668. The van der Waals surface area contributed by atoms with E-state index in [0.29, 0.717) is 18.1 Å². The zero-order chi connectivity index (χ0) is 8.81. The Morgan fingerprint density at radius 3 is 3.17 bits per heavy atom. The lowest BCUT2D eigenvalue weighted by Gasteiger charge is -1.99. The summed E-state index contributed by atoms with van der Waals surface area (Å²) < 4.78 is 0. The van der Waals surface area contributed by atoms with Crippen LogP contribution in [0.3, 0.4) is 0 Å². The van der Waals surface area contributed by atoms with Crippen molar-refractivity contribution in [2.75, 3.05) is 11.9 Å². The van der Waals surface area contributed by atoms with Crippen LogP contribution in [0.25, 0.3) is 0 Å². The van der Waals surface area contributed by atoms with Gasteiger partial charge in [0.15, 0.2) is 0 Å². The maximum absolute atomic E-state index is 8.50. The molecule has 0 amide bonds. The van der Waals surface area contributed by atoms with Gasteiger partial charge >= 0.3 is 0 Å². The van der Waals surface area contributed by atoms with Crippen LogP contribution in [0.5, 0.6) is 0 Å². The van der Waals surface area contributed by atoms with Crippen molar-refractivity contribution in [3.8, 4) is 6.07 Å². The van der Waals surface area contributed by atoms with Crippen LogP contribution in [0.15, 0.2) is 25.0 Å². The number of rotatable bonds is 3. The molecule has 0 aliphatic rings. The van der Waals surface area contributed by atoms with E-state index in [4.69, 9.17) is 5.26 Å². The number of nitrogens with one attached hydrogen (secondary N) is 1. The minimum Gasteiger partial charge on any atom is -0.366 e.